The molecule has 0 spiro atoms. The van der Waals surface area contributed by atoms with Crippen LogP contribution in [0.25, 0.3) is 11.3 Å². The molecule has 4 heteroatoms. The van der Waals surface area contributed by atoms with Crippen molar-refractivity contribution in [3.8, 4) is 11.3 Å². The molecular formula is C15H20N4. The molecule has 0 saturated carbocycles. The van der Waals surface area contributed by atoms with E-state index in [0.29, 0.717) is 12.0 Å². The minimum atomic E-state index is 0.291. The summed E-state index contributed by atoms with van der Waals surface area (Å²) >= 11 is 0. The van der Waals surface area contributed by atoms with Crippen molar-refractivity contribution in [2.24, 2.45) is 0 Å². The van der Waals surface area contributed by atoms with Crippen LogP contribution in [0.4, 0.5) is 11.8 Å². The third-order valence-electron chi connectivity index (χ3n) is 2.70. The van der Waals surface area contributed by atoms with Crippen LogP contribution in [0.2, 0.25) is 0 Å². The van der Waals surface area contributed by atoms with Gasteiger partial charge < -0.3 is 11.1 Å². The molecule has 0 fully saturated rings. The molecule has 0 radical (unpaired) electrons. The first-order chi connectivity index (χ1) is 8.94. The molecule has 0 aliphatic carbocycles. The SMILES string of the molecule is Cc1cc(C)cc(-c2cc(NC(C)C)nc(N)n2)c1. The first-order valence-corrected chi connectivity index (χ1v) is 6.44. The van der Waals surface area contributed by atoms with Crippen molar-refractivity contribution in [1.29, 1.82) is 0 Å². The number of benzene rings is 1. The van der Waals surface area contributed by atoms with E-state index in [9.17, 15) is 0 Å². The molecule has 100 valence electrons. The second-order valence-corrected chi connectivity index (χ2v) is 5.17. The highest BCUT2D eigenvalue weighted by Gasteiger charge is 2.07. The normalized spacial score (nSPS) is 10.8. The third kappa shape index (κ3) is 3.44. The summed E-state index contributed by atoms with van der Waals surface area (Å²) < 4.78 is 0. The number of nitrogens with one attached hydrogen (secondary N) is 1. The van der Waals surface area contributed by atoms with Crippen molar-refractivity contribution in [3.63, 3.8) is 0 Å². The lowest BCUT2D eigenvalue weighted by Crippen LogP contribution is -2.12. The maximum atomic E-state index is 5.79. The molecule has 2 aromatic rings. The molecule has 0 saturated heterocycles. The molecule has 0 bridgehead atoms. The fraction of sp³-hybridized carbons (Fsp3) is 0.333. The zero-order valence-corrected chi connectivity index (χ0v) is 11.9. The van der Waals surface area contributed by atoms with Gasteiger partial charge in [0.15, 0.2) is 0 Å². The van der Waals surface area contributed by atoms with Gasteiger partial charge in [-0.3, -0.25) is 0 Å². The summed E-state index contributed by atoms with van der Waals surface area (Å²) in [5.74, 6) is 1.05. The van der Waals surface area contributed by atoms with Crippen LogP contribution in [0.3, 0.4) is 0 Å². The van der Waals surface area contributed by atoms with Crippen LogP contribution in [-0.4, -0.2) is 16.0 Å². The Morgan fingerprint density at radius 2 is 1.63 bits per heavy atom. The van der Waals surface area contributed by atoms with Gasteiger partial charge in [-0.05, 0) is 39.8 Å². The first kappa shape index (κ1) is 13.3. The Balaban J connectivity index is 2.46. The number of nitrogens with two attached hydrogens (primary N) is 1. The van der Waals surface area contributed by atoms with Crippen molar-refractivity contribution in [2.45, 2.75) is 33.7 Å². The molecule has 0 aliphatic rings. The van der Waals surface area contributed by atoms with E-state index in [1.54, 1.807) is 0 Å². The van der Waals surface area contributed by atoms with E-state index in [-0.39, 0.29) is 0 Å². The van der Waals surface area contributed by atoms with Crippen molar-refractivity contribution in [2.75, 3.05) is 11.1 Å². The number of aromatic nitrogens is 2. The van der Waals surface area contributed by atoms with Gasteiger partial charge in [-0.25, -0.2) is 4.98 Å². The number of aryl methyl sites for hydroxylation is 2. The lowest BCUT2D eigenvalue weighted by atomic mass is 10.0. The molecule has 0 unspecified atom stereocenters. The highest BCUT2D eigenvalue weighted by molar-refractivity contribution is 5.65. The van der Waals surface area contributed by atoms with Crippen molar-refractivity contribution < 1.29 is 0 Å². The van der Waals surface area contributed by atoms with Crippen LogP contribution in [0, 0.1) is 13.8 Å². The quantitative estimate of drug-likeness (QED) is 0.885. The van der Waals surface area contributed by atoms with Gasteiger partial charge in [-0.2, -0.15) is 4.98 Å². The van der Waals surface area contributed by atoms with E-state index >= 15 is 0 Å². The highest BCUT2D eigenvalue weighted by atomic mass is 15.1. The van der Waals surface area contributed by atoms with Crippen LogP contribution in [0.5, 0.6) is 0 Å². The van der Waals surface area contributed by atoms with Crippen molar-refractivity contribution in [1.82, 2.24) is 9.97 Å². The summed E-state index contributed by atoms with van der Waals surface area (Å²) in [6.07, 6.45) is 0. The van der Waals surface area contributed by atoms with Gasteiger partial charge in [0.2, 0.25) is 5.95 Å². The van der Waals surface area contributed by atoms with E-state index < -0.39 is 0 Å². The van der Waals surface area contributed by atoms with Crippen LogP contribution in [-0.2, 0) is 0 Å². The topological polar surface area (TPSA) is 63.8 Å². The maximum Gasteiger partial charge on any atom is 0.222 e. The second kappa shape index (κ2) is 5.26. The highest BCUT2D eigenvalue weighted by Crippen LogP contribution is 2.23. The summed E-state index contributed by atoms with van der Waals surface area (Å²) in [6, 6.07) is 8.59. The maximum absolute atomic E-state index is 5.79. The van der Waals surface area contributed by atoms with Crippen LogP contribution >= 0.6 is 0 Å². The minimum Gasteiger partial charge on any atom is -0.368 e. The standard InChI is InChI=1S/C15H20N4/c1-9(2)17-14-8-13(18-15(16)19-14)12-6-10(3)5-11(4)7-12/h5-9H,1-4H3,(H3,16,17,18,19). The van der Waals surface area contributed by atoms with Gasteiger partial charge in [-0.15, -0.1) is 0 Å². The van der Waals surface area contributed by atoms with Crippen molar-refractivity contribution in [3.05, 3.63) is 35.4 Å². The Kier molecular flexibility index (Phi) is 3.69. The summed E-state index contributed by atoms with van der Waals surface area (Å²) in [7, 11) is 0. The fourth-order valence-electron chi connectivity index (χ4n) is 2.11. The molecule has 1 aromatic carbocycles. The molecule has 0 aliphatic heterocycles. The van der Waals surface area contributed by atoms with Gasteiger partial charge in [0.25, 0.3) is 0 Å². The largest absolute Gasteiger partial charge is 0.368 e. The second-order valence-electron chi connectivity index (χ2n) is 5.17. The number of hydrogen-bond acceptors (Lipinski definition) is 4. The average Bonchev–Trinajstić information content (AvgIpc) is 2.25. The Labute approximate surface area is 114 Å². The summed E-state index contributed by atoms with van der Waals surface area (Å²) in [5.41, 5.74) is 10.1. The number of nitrogen functional groups attached to an aromatic ring is 1. The van der Waals surface area contributed by atoms with E-state index in [1.807, 2.05) is 6.07 Å². The smallest absolute Gasteiger partial charge is 0.222 e. The monoisotopic (exact) mass is 256 g/mol. The van der Waals surface area contributed by atoms with Gasteiger partial charge in [0, 0.05) is 17.7 Å². The van der Waals surface area contributed by atoms with E-state index in [4.69, 9.17) is 5.73 Å². The Morgan fingerprint density at radius 1 is 1.00 bits per heavy atom. The minimum absolute atomic E-state index is 0.291. The predicted molar refractivity (Wildman–Crippen MR) is 80.1 cm³/mol. The third-order valence-corrected chi connectivity index (χ3v) is 2.70. The van der Waals surface area contributed by atoms with Gasteiger partial charge in [0.05, 0.1) is 5.69 Å². The Bertz CT molecular complexity index is 570. The molecule has 2 rings (SSSR count). The van der Waals surface area contributed by atoms with Crippen LogP contribution in [0.15, 0.2) is 24.3 Å². The molecule has 19 heavy (non-hydrogen) atoms. The molecule has 1 heterocycles. The molecule has 0 amide bonds. The molecule has 3 N–H and O–H groups in total. The number of nitrogens with zero attached hydrogens (tertiary/aromatic N) is 2. The summed E-state index contributed by atoms with van der Waals surface area (Å²) in [5, 5.41) is 3.25. The van der Waals surface area contributed by atoms with E-state index in [0.717, 1.165) is 17.1 Å². The molecular weight excluding hydrogens is 236 g/mol. The average molecular weight is 256 g/mol. The van der Waals surface area contributed by atoms with Crippen LogP contribution in [0.1, 0.15) is 25.0 Å². The lowest BCUT2D eigenvalue weighted by Gasteiger charge is -2.11. The zero-order valence-electron chi connectivity index (χ0n) is 11.9. The number of anilines is 2. The molecule has 0 atom stereocenters. The Morgan fingerprint density at radius 3 is 2.21 bits per heavy atom. The first-order valence-electron chi connectivity index (χ1n) is 6.44. The summed E-state index contributed by atoms with van der Waals surface area (Å²) in [4.78, 5) is 8.52. The van der Waals surface area contributed by atoms with E-state index in [1.165, 1.54) is 11.1 Å². The zero-order chi connectivity index (χ0) is 14.0. The fourth-order valence-corrected chi connectivity index (χ4v) is 2.11. The van der Waals surface area contributed by atoms with Gasteiger partial charge in [-0.1, -0.05) is 17.2 Å². The number of hydrogen-bond donors (Lipinski definition) is 2. The van der Waals surface area contributed by atoms with Gasteiger partial charge in [0.1, 0.15) is 5.82 Å². The molecule has 1 aromatic heterocycles. The lowest BCUT2D eigenvalue weighted by molar-refractivity contribution is 0.888. The van der Waals surface area contributed by atoms with E-state index in [2.05, 4.69) is 61.2 Å². The molecule has 4 nitrogen and oxygen atoms in total. The van der Waals surface area contributed by atoms with Crippen LogP contribution < -0.4 is 11.1 Å². The Hall–Kier alpha value is -2.10. The summed E-state index contributed by atoms with van der Waals surface area (Å²) in [6.45, 7) is 8.28. The number of rotatable bonds is 3. The van der Waals surface area contributed by atoms with Crippen molar-refractivity contribution >= 4 is 11.8 Å². The van der Waals surface area contributed by atoms with Gasteiger partial charge >= 0.3 is 0 Å². The predicted octanol–water partition coefficient (Wildman–Crippen LogP) is 3.16.